The number of carbonyl (C=O) groups excluding carboxylic acids is 1. The molecule has 1 aromatic rings. The number of nitrogens with two attached hydrogens (primary N) is 2. The summed E-state index contributed by atoms with van der Waals surface area (Å²) in [5.41, 5.74) is 14.1. The van der Waals surface area contributed by atoms with Gasteiger partial charge in [0.1, 0.15) is 6.04 Å². The Balaban J connectivity index is 2.25. The van der Waals surface area contributed by atoms with Crippen molar-refractivity contribution < 1.29 is 4.79 Å². The maximum absolute atomic E-state index is 11.6. The topological polar surface area (TPSA) is 84.4 Å². The molecule has 1 aromatic carbocycles. The van der Waals surface area contributed by atoms with Gasteiger partial charge in [-0.3, -0.25) is 4.79 Å². The number of amides is 1. The molecule has 5 heteroatoms. The highest BCUT2D eigenvalue weighted by molar-refractivity contribution is 5.84. The van der Waals surface area contributed by atoms with E-state index < -0.39 is 0 Å². The molecule has 1 heterocycles. The third-order valence-corrected chi connectivity index (χ3v) is 3.71. The van der Waals surface area contributed by atoms with Crippen molar-refractivity contribution in [3.05, 3.63) is 23.8 Å². The third-order valence-electron chi connectivity index (χ3n) is 3.71. The van der Waals surface area contributed by atoms with E-state index in [4.69, 9.17) is 11.5 Å². The summed E-state index contributed by atoms with van der Waals surface area (Å²) in [6, 6.07) is 5.91. The monoisotopic (exact) mass is 262 g/mol. The molecular formula is C14H22N4O. The predicted octanol–water partition coefficient (Wildman–Crippen LogP) is 0.619. The van der Waals surface area contributed by atoms with Crippen LogP contribution < -0.4 is 21.7 Å². The number of benzene rings is 1. The van der Waals surface area contributed by atoms with E-state index in [1.807, 2.05) is 25.1 Å². The summed E-state index contributed by atoms with van der Waals surface area (Å²) in [6.45, 7) is 5.72. The molecular weight excluding hydrogens is 240 g/mol. The molecule has 104 valence electrons. The average molecular weight is 262 g/mol. The van der Waals surface area contributed by atoms with Crippen molar-refractivity contribution in [2.24, 2.45) is 5.73 Å². The normalized spacial score (nSPS) is 22.7. The van der Waals surface area contributed by atoms with Crippen LogP contribution in [0.5, 0.6) is 0 Å². The molecule has 0 saturated carbocycles. The first-order valence-corrected chi connectivity index (χ1v) is 6.68. The zero-order valence-electron chi connectivity index (χ0n) is 11.5. The van der Waals surface area contributed by atoms with Gasteiger partial charge in [-0.25, -0.2) is 0 Å². The molecule has 1 aliphatic heterocycles. The van der Waals surface area contributed by atoms with Crippen LogP contribution in [0.25, 0.3) is 0 Å². The van der Waals surface area contributed by atoms with Crippen LogP contribution in [0, 0.1) is 6.92 Å². The minimum Gasteiger partial charge on any atom is -0.399 e. The average Bonchev–Trinajstić information content (AvgIpc) is 2.77. The van der Waals surface area contributed by atoms with E-state index in [2.05, 4.69) is 17.1 Å². The lowest BCUT2D eigenvalue weighted by Gasteiger charge is -2.25. The zero-order chi connectivity index (χ0) is 14.0. The highest BCUT2D eigenvalue weighted by Crippen LogP contribution is 2.28. The molecule has 2 unspecified atom stereocenters. The van der Waals surface area contributed by atoms with Gasteiger partial charge in [-0.1, -0.05) is 6.92 Å². The van der Waals surface area contributed by atoms with Crippen LogP contribution in [0.15, 0.2) is 18.2 Å². The molecule has 0 aliphatic carbocycles. The number of likely N-dealkylation sites (N-methyl/N-ethyl adjacent to an activating group) is 1. The molecule has 5 nitrogen and oxygen atoms in total. The second kappa shape index (κ2) is 5.48. The number of nitrogens with one attached hydrogen (secondary N) is 1. The fourth-order valence-electron chi connectivity index (χ4n) is 2.67. The van der Waals surface area contributed by atoms with Crippen LogP contribution in [0.4, 0.5) is 11.4 Å². The number of nitrogens with zero attached hydrogens (tertiary/aromatic N) is 1. The lowest BCUT2D eigenvalue weighted by molar-refractivity contribution is -0.119. The molecule has 0 aromatic heterocycles. The molecule has 1 fully saturated rings. The van der Waals surface area contributed by atoms with Gasteiger partial charge in [0.05, 0.1) is 0 Å². The van der Waals surface area contributed by atoms with Crippen molar-refractivity contribution in [3.8, 4) is 0 Å². The summed E-state index contributed by atoms with van der Waals surface area (Å²) in [5, 5.41) is 3.38. The number of nitrogen functional groups attached to an aromatic ring is 1. The maximum atomic E-state index is 11.6. The molecule has 2 rings (SSSR count). The Morgan fingerprint density at radius 2 is 2.26 bits per heavy atom. The minimum atomic E-state index is -0.269. The number of rotatable bonds is 4. The van der Waals surface area contributed by atoms with E-state index in [1.165, 1.54) is 0 Å². The van der Waals surface area contributed by atoms with Crippen molar-refractivity contribution in [1.82, 2.24) is 5.32 Å². The Morgan fingerprint density at radius 1 is 1.53 bits per heavy atom. The van der Waals surface area contributed by atoms with Crippen molar-refractivity contribution in [1.29, 1.82) is 0 Å². The largest absolute Gasteiger partial charge is 0.399 e. The van der Waals surface area contributed by atoms with Gasteiger partial charge >= 0.3 is 0 Å². The van der Waals surface area contributed by atoms with E-state index in [9.17, 15) is 4.79 Å². The fraction of sp³-hybridized carbons (Fsp3) is 0.500. The summed E-state index contributed by atoms with van der Waals surface area (Å²) in [4.78, 5) is 13.7. The Labute approximate surface area is 113 Å². The van der Waals surface area contributed by atoms with E-state index in [-0.39, 0.29) is 11.9 Å². The Bertz CT molecular complexity index is 475. The first-order chi connectivity index (χ1) is 9.02. The van der Waals surface area contributed by atoms with Crippen LogP contribution in [0.2, 0.25) is 0 Å². The minimum absolute atomic E-state index is 0.243. The number of anilines is 2. The van der Waals surface area contributed by atoms with Crippen LogP contribution in [0.1, 0.15) is 18.9 Å². The summed E-state index contributed by atoms with van der Waals surface area (Å²) >= 11 is 0. The Morgan fingerprint density at radius 3 is 2.84 bits per heavy atom. The zero-order valence-corrected chi connectivity index (χ0v) is 11.5. The summed E-state index contributed by atoms with van der Waals surface area (Å²) < 4.78 is 0. The predicted molar refractivity (Wildman–Crippen MR) is 78.0 cm³/mol. The van der Waals surface area contributed by atoms with Crippen LogP contribution in [0.3, 0.4) is 0 Å². The standard InChI is InChI=1S/C14H22N4O/c1-3-17-10-7-13(14(16)19)18(8-10)11-4-5-12(15)9(2)6-11/h4-6,10,13,17H,3,7-8,15H2,1-2H3,(H2,16,19). The van der Waals surface area contributed by atoms with Gasteiger partial charge in [0.2, 0.25) is 5.91 Å². The van der Waals surface area contributed by atoms with Crippen LogP contribution in [-0.2, 0) is 4.79 Å². The van der Waals surface area contributed by atoms with Gasteiger partial charge in [0.15, 0.2) is 0 Å². The number of carbonyl (C=O) groups is 1. The SMILES string of the molecule is CCNC1CC(C(N)=O)N(c2ccc(N)c(C)c2)C1. The molecule has 0 bridgehead atoms. The van der Waals surface area contributed by atoms with E-state index in [0.29, 0.717) is 6.04 Å². The van der Waals surface area contributed by atoms with E-state index in [0.717, 1.165) is 36.4 Å². The van der Waals surface area contributed by atoms with Crippen LogP contribution >= 0.6 is 0 Å². The molecule has 5 N–H and O–H groups in total. The van der Waals surface area contributed by atoms with Gasteiger partial charge in [0.25, 0.3) is 0 Å². The number of hydrogen-bond acceptors (Lipinski definition) is 4. The molecule has 1 saturated heterocycles. The Kier molecular flexibility index (Phi) is 3.95. The Hall–Kier alpha value is -1.75. The quantitative estimate of drug-likeness (QED) is 0.694. The number of aryl methyl sites for hydroxylation is 1. The van der Waals surface area contributed by atoms with Crippen molar-refractivity contribution >= 4 is 17.3 Å². The summed E-state index contributed by atoms with van der Waals surface area (Å²) in [5.74, 6) is -0.269. The second-order valence-electron chi connectivity index (χ2n) is 5.10. The molecule has 1 amide bonds. The van der Waals surface area contributed by atoms with Gasteiger partial charge in [-0.05, 0) is 43.7 Å². The van der Waals surface area contributed by atoms with Gasteiger partial charge in [-0.15, -0.1) is 0 Å². The van der Waals surface area contributed by atoms with E-state index >= 15 is 0 Å². The number of primary amides is 1. The highest BCUT2D eigenvalue weighted by atomic mass is 16.1. The summed E-state index contributed by atoms with van der Waals surface area (Å²) in [6.07, 6.45) is 0.757. The first-order valence-electron chi connectivity index (χ1n) is 6.68. The second-order valence-corrected chi connectivity index (χ2v) is 5.10. The molecule has 0 spiro atoms. The summed E-state index contributed by atoms with van der Waals surface area (Å²) in [7, 11) is 0. The highest BCUT2D eigenvalue weighted by Gasteiger charge is 2.35. The lowest BCUT2D eigenvalue weighted by atomic mass is 10.1. The fourth-order valence-corrected chi connectivity index (χ4v) is 2.67. The lowest BCUT2D eigenvalue weighted by Crippen LogP contribution is -2.40. The molecule has 19 heavy (non-hydrogen) atoms. The van der Waals surface area contributed by atoms with Crippen molar-refractivity contribution in [2.45, 2.75) is 32.4 Å². The molecule has 0 radical (unpaired) electrons. The van der Waals surface area contributed by atoms with E-state index in [1.54, 1.807) is 0 Å². The third kappa shape index (κ3) is 2.81. The van der Waals surface area contributed by atoms with Gasteiger partial charge < -0.3 is 21.7 Å². The van der Waals surface area contributed by atoms with Crippen molar-refractivity contribution in [3.63, 3.8) is 0 Å². The maximum Gasteiger partial charge on any atom is 0.240 e. The smallest absolute Gasteiger partial charge is 0.240 e. The van der Waals surface area contributed by atoms with Crippen molar-refractivity contribution in [2.75, 3.05) is 23.7 Å². The van der Waals surface area contributed by atoms with Gasteiger partial charge in [0, 0.05) is 24.0 Å². The molecule has 1 aliphatic rings. The number of hydrogen-bond donors (Lipinski definition) is 3. The van der Waals surface area contributed by atoms with Crippen LogP contribution in [-0.4, -0.2) is 31.1 Å². The van der Waals surface area contributed by atoms with Gasteiger partial charge in [-0.2, -0.15) is 0 Å². The molecule has 2 atom stereocenters. The first kappa shape index (κ1) is 13.7.